The van der Waals surface area contributed by atoms with Gasteiger partial charge in [-0.1, -0.05) is 84.4 Å². The predicted octanol–water partition coefficient (Wildman–Crippen LogP) is 6.57. The SMILES string of the molecule is CCCCC(CC)CN1C(=O)C(=Cc2c[nH]c3ccccc23)C(=O)N1CC(CC)CCCC. The molecule has 0 aliphatic carbocycles. The average molecular weight is 452 g/mol. The molecule has 1 saturated heterocycles. The molecule has 1 fully saturated rings. The van der Waals surface area contributed by atoms with E-state index in [0.29, 0.717) is 24.9 Å². The summed E-state index contributed by atoms with van der Waals surface area (Å²) in [6.45, 7) is 10.0. The first-order valence-corrected chi connectivity index (χ1v) is 12.9. The molecule has 1 aliphatic heterocycles. The van der Waals surface area contributed by atoms with Gasteiger partial charge in [-0.2, -0.15) is 0 Å². The molecule has 0 saturated carbocycles. The van der Waals surface area contributed by atoms with Crippen LogP contribution in [0.25, 0.3) is 17.0 Å². The van der Waals surface area contributed by atoms with Crippen LogP contribution in [0.2, 0.25) is 0 Å². The van der Waals surface area contributed by atoms with Gasteiger partial charge in [-0.25, -0.2) is 10.0 Å². The first-order valence-electron chi connectivity index (χ1n) is 12.9. The summed E-state index contributed by atoms with van der Waals surface area (Å²) in [4.78, 5) is 30.4. The van der Waals surface area contributed by atoms with Crippen molar-refractivity contribution in [3.05, 3.63) is 41.6 Å². The fourth-order valence-electron chi connectivity index (χ4n) is 4.77. The van der Waals surface area contributed by atoms with Crippen LogP contribution in [0.1, 0.15) is 84.6 Å². The summed E-state index contributed by atoms with van der Waals surface area (Å²) in [6.07, 6.45) is 12.5. The third-order valence-electron chi connectivity index (χ3n) is 7.09. The fraction of sp³-hybridized carbons (Fsp3) is 0.571. The zero-order valence-corrected chi connectivity index (χ0v) is 20.9. The standard InChI is InChI=1S/C28H41N3O2/c1-5-9-13-21(7-3)19-30-27(32)25(17-23-18-29-26-16-12-11-15-24(23)26)28(33)31(30)20-22(8-4)14-10-6-2/h11-12,15-18,21-22,29H,5-10,13-14,19-20H2,1-4H3. The van der Waals surface area contributed by atoms with Gasteiger partial charge in [0.25, 0.3) is 11.8 Å². The summed E-state index contributed by atoms with van der Waals surface area (Å²) >= 11 is 0. The Morgan fingerprint density at radius 1 is 0.848 bits per heavy atom. The van der Waals surface area contributed by atoms with E-state index in [1.807, 2.05) is 30.5 Å². The molecule has 180 valence electrons. The van der Waals surface area contributed by atoms with Gasteiger partial charge in [0, 0.05) is 35.8 Å². The Labute approximate surface area is 199 Å². The molecular formula is C28H41N3O2. The number of carbonyl (C=O) groups excluding carboxylic acids is 2. The molecule has 1 aromatic heterocycles. The van der Waals surface area contributed by atoms with Gasteiger partial charge in [-0.05, 0) is 36.8 Å². The molecule has 2 amide bonds. The van der Waals surface area contributed by atoms with E-state index in [2.05, 4.69) is 32.7 Å². The van der Waals surface area contributed by atoms with Gasteiger partial charge >= 0.3 is 0 Å². The lowest BCUT2D eigenvalue weighted by Gasteiger charge is -2.33. The van der Waals surface area contributed by atoms with Gasteiger partial charge in [0.05, 0.1) is 0 Å². The number of unbranched alkanes of at least 4 members (excludes halogenated alkanes) is 2. The lowest BCUT2D eigenvalue weighted by Crippen LogP contribution is -2.45. The van der Waals surface area contributed by atoms with E-state index < -0.39 is 0 Å². The maximum atomic E-state index is 13.6. The normalized spacial score (nSPS) is 16.2. The second kappa shape index (κ2) is 12.1. The Kier molecular flexibility index (Phi) is 9.16. The zero-order valence-electron chi connectivity index (χ0n) is 20.9. The number of H-pyrrole nitrogens is 1. The highest BCUT2D eigenvalue weighted by atomic mass is 16.2. The van der Waals surface area contributed by atoms with Crippen molar-refractivity contribution in [3.8, 4) is 0 Å². The van der Waals surface area contributed by atoms with Crippen LogP contribution in [0.4, 0.5) is 0 Å². The summed E-state index contributed by atoms with van der Waals surface area (Å²) in [5.41, 5.74) is 2.18. The van der Waals surface area contributed by atoms with Gasteiger partial charge in [0.1, 0.15) is 5.57 Å². The number of hydrogen-bond donors (Lipinski definition) is 1. The van der Waals surface area contributed by atoms with Crippen LogP contribution in [0.3, 0.4) is 0 Å². The van der Waals surface area contributed by atoms with E-state index in [-0.39, 0.29) is 17.4 Å². The van der Waals surface area contributed by atoms with Crippen LogP contribution < -0.4 is 0 Å². The number of fused-ring (bicyclic) bond motifs is 1. The topological polar surface area (TPSA) is 56.4 Å². The van der Waals surface area contributed by atoms with Crippen molar-refractivity contribution in [1.29, 1.82) is 0 Å². The largest absolute Gasteiger partial charge is 0.361 e. The first kappa shape index (κ1) is 25.1. The third kappa shape index (κ3) is 5.87. The minimum Gasteiger partial charge on any atom is -0.361 e. The quantitative estimate of drug-likeness (QED) is 0.277. The Hall–Kier alpha value is -2.56. The molecular weight excluding hydrogens is 410 g/mol. The van der Waals surface area contributed by atoms with Gasteiger partial charge in [0.15, 0.2) is 0 Å². The van der Waals surface area contributed by atoms with Crippen molar-refractivity contribution in [2.24, 2.45) is 11.8 Å². The summed E-state index contributed by atoms with van der Waals surface area (Å²) in [7, 11) is 0. The zero-order chi connectivity index (χ0) is 23.8. The number of para-hydroxylation sites is 1. The summed E-state index contributed by atoms with van der Waals surface area (Å²) in [5, 5.41) is 4.56. The molecule has 1 aromatic carbocycles. The number of aromatic nitrogens is 1. The van der Waals surface area contributed by atoms with Crippen molar-refractivity contribution >= 4 is 28.8 Å². The molecule has 3 rings (SSSR count). The minimum absolute atomic E-state index is 0.148. The number of carbonyl (C=O) groups is 2. The van der Waals surface area contributed by atoms with E-state index in [1.54, 1.807) is 16.1 Å². The molecule has 0 bridgehead atoms. The number of nitrogens with one attached hydrogen (secondary N) is 1. The first-order chi connectivity index (χ1) is 16.0. The Bertz CT molecular complexity index is 923. The number of amides is 2. The fourth-order valence-corrected chi connectivity index (χ4v) is 4.77. The smallest absolute Gasteiger partial charge is 0.278 e. The monoisotopic (exact) mass is 451 g/mol. The van der Waals surface area contributed by atoms with Crippen molar-refractivity contribution in [3.63, 3.8) is 0 Å². The molecule has 2 atom stereocenters. The number of hydrazine groups is 1. The lowest BCUT2D eigenvalue weighted by molar-refractivity contribution is -0.149. The number of benzene rings is 1. The maximum Gasteiger partial charge on any atom is 0.278 e. The van der Waals surface area contributed by atoms with Crippen LogP contribution in [0.5, 0.6) is 0 Å². The second-order valence-electron chi connectivity index (χ2n) is 9.46. The third-order valence-corrected chi connectivity index (χ3v) is 7.09. The van der Waals surface area contributed by atoms with Crippen LogP contribution in [0, 0.1) is 11.8 Å². The predicted molar refractivity (Wildman–Crippen MR) is 136 cm³/mol. The molecule has 1 aliphatic rings. The van der Waals surface area contributed by atoms with Crippen LogP contribution in [-0.4, -0.2) is 39.9 Å². The van der Waals surface area contributed by atoms with Crippen LogP contribution in [-0.2, 0) is 9.59 Å². The van der Waals surface area contributed by atoms with Gasteiger partial charge in [-0.3, -0.25) is 9.59 Å². The van der Waals surface area contributed by atoms with Crippen molar-refractivity contribution < 1.29 is 9.59 Å². The van der Waals surface area contributed by atoms with E-state index in [9.17, 15) is 9.59 Å². The van der Waals surface area contributed by atoms with Crippen molar-refractivity contribution in [2.45, 2.75) is 79.1 Å². The molecule has 5 heteroatoms. The lowest BCUT2D eigenvalue weighted by atomic mass is 9.98. The molecule has 0 spiro atoms. The van der Waals surface area contributed by atoms with Gasteiger partial charge < -0.3 is 4.98 Å². The van der Waals surface area contributed by atoms with Gasteiger partial charge in [-0.15, -0.1) is 0 Å². The Morgan fingerprint density at radius 2 is 1.39 bits per heavy atom. The van der Waals surface area contributed by atoms with E-state index in [0.717, 1.165) is 67.8 Å². The number of hydrogen-bond acceptors (Lipinski definition) is 2. The number of rotatable bonds is 13. The molecule has 5 nitrogen and oxygen atoms in total. The highest BCUT2D eigenvalue weighted by Crippen LogP contribution is 2.29. The number of aromatic amines is 1. The molecule has 0 radical (unpaired) electrons. The van der Waals surface area contributed by atoms with Crippen LogP contribution >= 0.6 is 0 Å². The minimum atomic E-state index is -0.148. The molecule has 2 heterocycles. The summed E-state index contributed by atoms with van der Waals surface area (Å²) < 4.78 is 0. The van der Waals surface area contributed by atoms with Gasteiger partial charge in [0.2, 0.25) is 0 Å². The number of nitrogens with zero attached hydrogens (tertiary/aromatic N) is 2. The Balaban J connectivity index is 1.92. The Morgan fingerprint density at radius 3 is 1.91 bits per heavy atom. The highest BCUT2D eigenvalue weighted by Gasteiger charge is 2.42. The van der Waals surface area contributed by atoms with E-state index >= 15 is 0 Å². The maximum absolute atomic E-state index is 13.6. The molecule has 1 N–H and O–H groups in total. The summed E-state index contributed by atoms with van der Waals surface area (Å²) in [5.74, 6) is 0.524. The average Bonchev–Trinajstić information content (AvgIpc) is 3.34. The molecule has 33 heavy (non-hydrogen) atoms. The molecule has 2 aromatic rings. The second-order valence-corrected chi connectivity index (χ2v) is 9.46. The van der Waals surface area contributed by atoms with E-state index in [1.165, 1.54) is 0 Å². The summed E-state index contributed by atoms with van der Waals surface area (Å²) in [6, 6.07) is 7.99. The van der Waals surface area contributed by atoms with Crippen molar-refractivity contribution in [1.82, 2.24) is 15.0 Å². The van der Waals surface area contributed by atoms with E-state index in [4.69, 9.17) is 0 Å². The molecule has 2 unspecified atom stereocenters. The van der Waals surface area contributed by atoms with Crippen molar-refractivity contribution in [2.75, 3.05) is 13.1 Å². The highest BCUT2D eigenvalue weighted by molar-refractivity contribution is 6.25. The van der Waals surface area contributed by atoms with Crippen LogP contribution in [0.15, 0.2) is 36.0 Å².